The zero-order valence-electron chi connectivity index (χ0n) is 14.6. The number of hydrogen-bond acceptors (Lipinski definition) is 3. The van der Waals surface area contributed by atoms with Crippen molar-refractivity contribution in [2.24, 2.45) is 4.99 Å². The quantitative estimate of drug-likeness (QED) is 0.643. The molecule has 0 fully saturated rings. The average Bonchev–Trinajstić information content (AvgIpc) is 2.85. The number of hydrogen-bond donors (Lipinski definition) is 2. The lowest BCUT2D eigenvalue weighted by molar-refractivity contribution is 0.596. The molecule has 134 valence electrons. The third-order valence-corrected chi connectivity index (χ3v) is 4.42. The number of benzene rings is 1. The van der Waals surface area contributed by atoms with Crippen LogP contribution in [0.1, 0.15) is 36.5 Å². The molecule has 0 amide bonds. The molecule has 25 heavy (non-hydrogen) atoms. The minimum Gasteiger partial charge on any atom is -0.356 e. The van der Waals surface area contributed by atoms with Crippen molar-refractivity contribution in [1.82, 2.24) is 25.4 Å². The summed E-state index contributed by atoms with van der Waals surface area (Å²) in [6, 6.07) is 6.67. The maximum absolute atomic E-state index is 13.2. The van der Waals surface area contributed by atoms with Crippen molar-refractivity contribution in [2.45, 2.75) is 45.2 Å². The van der Waals surface area contributed by atoms with Crippen LogP contribution >= 0.6 is 0 Å². The van der Waals surface area contributed by atoms with E-state index in [2.05, 4.69) is 30.4 Å². The molecule has 3 rings (SSSR count). The molecular formula is C18H25FN6. The molecule has 0 spiro atoms. The number of nitrogens with zero attached hydrogens (tertiary/aromatic N) is 4. The van der Waals surface area contributed by atoms with Crippen LogP contribution < -0.4 is 10.6 Å². The first-order valence-corrected chi connectivity index (χ1v) is 8.86. The lowest BCUT2D eigenvalue weighted by Gasteiger charge is -2.12. The monoisotopic (exact) mass is 344 g/mol. The number of aryl methyl sites for hydroxylation is 1. The fraction of sp³-hybridized carbons (Fsp3) is 0.500. The van der Waals surface area contributed by atoms with Crippen LogP contribution in [0.15, 0.2) is 29.3 Å². The van der Waals surface area contributed by atoms with Gasteiger partial charge in [-0.1, -0.05) is 18.6 Å². The fourth-order valence-electron chi connectivity index (χ4n) is 3.08. The Bertz CT molecular complexity index is 724. The Labute approximate surface area is 147 Å². The average molecular weight is 344 g/mol. The Morgan fingerprint density at radius 3 is 3.00 bits per heavy atom. The van der Waals surface area contributed by atoms with E-state index in [-0.39, 0.29) is 5.82 Å². The SMILES string of the molecule is CN=C(NCCc1cccc(F)c1)NCc1nnc2n1CCCCC2. The molecule has 0 saturated carbocycles. The predicted octanol–water partition coefficient (Wildman–Crippen LogP) is 2.05. The molecule has 0 saturated heterocycles. The summed E-state index contributed by atoms with van der Waals surface area (Å²) in [5.74, 6) is 2.54. The summed E-state index contributed by atoms with van der Waals surface area (Å²) in [4.78, 5) is 4.23. The lowest BCUT2D eigenvalue weighted by Crippen LogP contribution is -2.38. The molecule has 0 atom stereocenters. The molecule has 1 aliphatic rings. The highest BCUT2D eigenvalue weighted by molar-refractivity contribution is 5.79. The van der Waals surface area contributed by atoms with Crippen molar-refractivity contribution in [1.29, 1.82) is 0 Å². The lowest BCUT2D eigenvalue weighted by atomic mass is 10.1. The van der Waals surface area contributed by atoms with Gasteiger partial charge in [-0.25, -0.2) is 4.39 Å². The molecule has 0 unspecified atom stereocenters. The van der Waals surface area contributed by atoms with Crippen molar-refractivity contribution in [3.05, 3.63) is 47.3 Å². The van der Waals surface area contributed by atoms with Gasteiger partial charge >= 0.3 is 0 Å². The van der Waals surface area contributed by atoms with Crippen molar-refractivity contribution in [3.63, 3.8) is 0 Å². The fourth-order valence-corrected chi connectivity index (χ4v) is 3.08. The number of fused-ring (bicyclic) bond motifs is 1. The summed E-state index contributed by atoms with van der Waals surface area (Å²) < 4.78 is 15.4. The number of aromatic nitrogens is 3. The molecular weight excluding hydrogens is 319 g/mol. The van der Waals surface area contributed by atoms with Crippen molar-refractivity contribution in [3.8, 4) is 0 Å². The molecule has 0 aliphatic carbocycles. The van der Waals surface area contributed by atoms with Crippen LogP contribution in [-0.4, -0.2) is 34.3 Å². The van der Waals surface area contributed by atoms with E-state index in [9.17, 15) is 4.39 Å². The highest BCUT2D eigenvalue weighted by atomic mass is 19.1. The van der Waals surface area contributed by atoms with Crippen molar-refractivity contribution >= 4 is 5.96 Å². The third kappa shape index (κ3) is 4.78. The molecule has 0 radical (unpaired) electrons. The Morgan fingerprint density at radius 1 is 1.24 bits per heavy atom. The van der Waals surface area contributed by atoms with Gasteiger partial charge in [0.15, 0.2) is 11.8 Å². The van der Waals surface area contributed by atoms with Gasteiger partial charge in [-0.3, -0.25) is 4.99 Å². The molecule has 1 aromatic heterocycles. The van der Waals surface area contributed by atoms with E-state index in [0.29, 0.717) is 19.0 Å². The maximum atomic E-state index is 13.2. The van der Waals surface area contributed by atoms with Gasteiger partial charge < -0.3 is 15.2 Å². The largest absolute Gasteiger partial charge is 0.356 e. The van der Waals surface area contributed by atoms with E-state index in [1.807, 2.05) is 6.07 Å². The molecule has 7 heteroatoms. The van der Waals surface area contributed by atoms with Crippen LogP contribution in [0.4, 0.5) is 4.39 Å². The number of guanidine groups is 1. The first-order chi connectivity index (χ1) is 12.3. The zero-order chi connectivity index (χ0) is 17.5. The van der Waals surface area contributed by atoms with Gasteiger partial charge in [0.1, 0.15) is 11.6 Å². The number of aliphatic imine (C=N–C) groups is 1. The summed E-state index contributed by atoms with van der Waals surface area (Å²) in [5, 5.41) is 15.1. The van der Waals surface area contributed by atoms with Crippen LogP contribution in [-0.2, 0) is 25.9 Å². The highest BCUT2D eigenvalue weighted by Crippen LogP contribution is 2.14. The van der Waals surface area contributed by atoms with Crippen molar-refractivity contribution < 1.29 is 4.39 Å². The van der Waals surface area contributed by atoms with E-state index in [1.54, 1.807) is 19.2 Å². The minimum absolute atomic E-state index is 0.201. The van der Waals surface area contributed by atoms with Crippen LogP contribution in [0.3, 0.4) is 0 Å². The number of rotatable bonds is 5. The van der Waals surface area contributed by atoms with Gasteiger partial charge in [-0.15, -0.1) is 10.2 Å². The summed E-state index contributed by atoms with van der Waals surface area (Å²) in [6.07, 6.45) is 5.36. The summed E-state index contributed by atoms with van der Waals surface area (Å²) in [7, 11) is 1.74. The Kier molecular flexibility index (Phi) is 5.98. The normalized spacial score (nSPS) is 14.7. The number of halogens is 1. The summed E-state index contributed by atoms with van der Waals surface area (Å²) in [5.41, 5.74) is 0.964. The standard InChI is InChI=1S/C18H25FN6/c1-20-18(21-10-9-14-6-5-7-15(19)12-14)22-13-17-24-23-16-8-3-2-4-11-25(16)17/h5-7,12H,2-4,8-11,13H2,1H3,(H2,20,21,22). The third-order valence-electron chi connectivity index (χ3n) is 4.42. The minimum atomic E-state index is -0.201. The second-order valence-corrected chi connectivity index (χ2v) is 6.23. The molecule has 6 nitrogen and oxygen atoms in total. The van der Waals surface area contributed by atoms with Crippen LogP contribution in [0.25, 0.3) is 0 Å². The molecule has 2 aromatic rings. The topological polar surface area (TPSA) is 67.1 Å². The van der Waals surface area contributed by atoms with Crippen LogP contribution in [0.2, 0.25) is 0 Å². The van der Waals surface area contributed by atoms with Gasteiger partial charge in [0.05, 0.1) is 6.54 Å². The van der Waals surface area contributed by atoms with E-state index in [4.69, 9.17) is 0 Å². The van der Waals surface area contributed by atoms with Gasteiger partial charge in [-0.05, 0) is 37.0 Å². The predicted molar refractivity (Wildman–Crippen MR) is 95.9 cm³/mol. The molecule has 2 N–H and O–H groups in total. The first-order valence-electron chi connectivity index (χ1n) is 8.86. The molecule has 2 heterocycles. The second-order valence-electron chi connectivity index (χ2n) is 6.23. The number of nitrogens with one attached hydrogen (secondary N) is 2. The van der Waals surface area contributed by atoms with Gasteiger partial charge in [0, 0.05) is 26.6 Å². The molecule has 0 bridgehead atoms. The zero-order valence-corrected chi connectivity index (χ0v) is 14.6. The summed E-state index contributed by atoms with van der Waals surface area (Å²) >= 11 is 0. The Morgan fingerprint density at radius 2 is 2.16 bits per heavy atom. The first kappa shape index (κ1) is 17.4. The van der Waals surface area contributed by atoms with E-state index < -0.39 is 0 Å². The van der Waals surface area contributed by atoms with E-state index >= 15 is 0 Å². The van der Waals surface area contributed by atoms with Gasteiger partial charge in [-0.2, -0.15) is 0 Å². The highest BCUT2D eigenvalue weighted by Gasteiger charge is 2.14. The van der Waals surface area contributed by atoms with Crippen LogP contribution in [0, 0.1) is 5.82 Å². The van der Waals surface area contributed by atoms with E-state index in [1.165, 1.54) is 25.3 Å². The molecule has 1 aliphatic heterocycles. The Balaban J connectivity index is 1.49. The smallest absolute Gasteiger partial charge is 0.191 e. The van der Waals surface area contributed by atoms with Crippen LogP contribution in [0.5, 0.6) is 0 Å². The Hall–Kier alpha value is -2.44. The maximum Gasteiger partial charge on any atom is 0.191 e. The van der Waals surface area contributed by atoms with Crippen molar-refractivity contribution in [2.75, 3.05) is 13.6 Å². The van der Waals surface area contributed by atoms with Gasteiger partial charge in [0.25, 0.3) is 0 Å². The summed E-state index contributed by atoms with van der Waals surface area (Å²) in [6.45, 7) is 2.26. The molecule has 1 aromatic carbocycles. The second kappa shape index (κ2) is 8.60. The van der Waals surface area contributed by atoms with Gasteiger partial charge in [0.2, 0.25) is 0 Å². The van der Waals surface area contributed by atoms with E-state index in [0.717, 1.165) is 36.6 Å².